The third kappa shape index (κ3) is 47.1. The van der Waals surface area contributed by atoms with Crippen LogP contribution in [-0.2, 0) is 144 Å². The number of aliphatic hydroxyl groups excluding tert-OH is 8. The fourth-order valence-corrected chi connectivity index (χ4v) is 10.4. The highest BCUT2D eigenvalue weighted by Crippen LogP contribution is 2.08. The summed E-state index contributed by atoms with van der Waals surface area (Å²) >= 11 is 0. The second kappa shape index (κ2) is 61.5. The Morgan fingerprint density at radius 1 is 0.175 bits per heavy atom. The van der Waals surface area contributed by atoms with Crippen LogP contribution in [0.5, 0.6) is 0 Å². The third-order valence-corrected chi connectivity index (χ3v) is 17.2. The van der Waals surface area contributed by atoms with Crippen LogP contribution in [0.4, 0.5) is 0 Å². The predicted molar refractivity (Wildman–Crippen MR) is 430 cm³/mol. The van der Waals surface area contributed by atoms with Crippen LogP contribution in [0, 0.1) is 0 Å². The van der Waals surface area contributed by atoms with Crippen LogP contribution >= 0.6 is 0 Å². The van der Waals surface area contributed by atoms with Gasteiger partial charge in [-0.15, -0.1) is 0 Å². The van der Waals surface area contributed by atoms with E-state index < -0.39 is 417 Å². The molecular weight excluding hydrogens is 1870 g/mol. The second-order valence-electron chi connectivity index (χ2n) is 28.1. The molecule has 0 aromatic heterocycles. The van der Waals surface area contributed by atoms with Gasteiger partial charge in [0.05, 0.1) is 137 Å². The molecule has 0 bridgehead atoms. The Balaban J connectivity index is 6.10. The van der Waals surface area contributed by atoms with Gasteiger partial charge in [0, 0.05) is 0 Å². The predicted octanol–water partition coefficient (Wildman–Crippen LogP) is -27.0. The number of carbonyl (C=O) groups is 30. The SMILES string of the molecule is NC(=O)C[C@H](NC(=O)[C@H](CO)NC(=O)[C@H](CC(=O)O)NC(=O)[C@H](CO)NC(=O)CNC(=O)[C@H](CO)NC(=O)CNC(=O)[C@H](CC(=O)O)NC(=O)[C@H](CC(N)=O)NC(=O)[C@H](CO)NC(=O)[C@H](CC(=O)O)NC(=O)[C@H](CO)NC(=O)CNC(=O)[C@H](CO)NC(=O)CNC(=O)[C@H](CC(=O)O)NC(=O)[C@H](CC(N)=O)NC(=O)[C@H](CO)NC(=O)[C@H](CC(=O)O)NC(=O)[C@@H](N)CO)C(=O)N[C@@H](CC(=O)O)C(=O)O. The van der Waals surface area contributed by atoms with E-state index in [-0.39, 0.29) is 0 Å². The molecule has 0 aliphatic heterocycles. The maximum atomic E-state index is 13.6. The summed E-state index contributed by atoms with van der Waals surface area (Å²) in [7, 11) is 0. The van der Waals surface area contributed by atoms with Gasteiger partial charge in [0.1, 0.15) is 103 Å². The van der Waals surface area contributed by atoms with Gasteiger partial charge >= 0.3 is 41.8 Å². The van der Waals surface area contributed by atoms with Gasteiger partial charge in [-0.05, 0) is 0 Å². The summed E-state index contributed by atoms with van der Waals surface area (Å²) in [4.78, 5) is 379. The molecule has 0 rings (SSSR count). The van der Waals surface area contributed by atoms with Crippen LogP contribution in [0.15, 0.2) is 0 Å². The zero-order valence-electron chi connectivity index (χ0n) is 70.9. The Hall–Kier alpha value is -16.3. The zero-order valence-corrected chi connectivity index (χ0v) is 70.9. The van der Waals surface area contributed by atoms with Crippen molar-refractivity contribution < 1.29 is 220 Å². The summed E-state index contributed by atoms with van der Waals surface area (Å²) < 4.78 is 0. The van der Waals surface area contributed by atoms with Crippen LogP contribution in [-0.4, -0.2) is 436 Å². The van der Waals surface area contributed by atoms with Gasteiger partial charge in [-0.1, -0.05) is 0 Å². The molecule has 0 radical (unpaired) electrons. The lowest BCUT2D eigenvalue weighted by Crippen LogP contribution is -2.61. The molecule has 17 atom stereocenters. The highest BCUT2D eigenvalue weighted by molar-refractivity contribution is 6.04. The lowest BCUT2D eigenvalue weighted by molar-refractivity contribution is -0.147. The van der Waals surface area contributed by atoms with Crippen molar-refractivity contribution in [3.63, 3.8) is 0 Å². The van der Waals surface area contributed by atoms with E-state index in [0.717, 1.165) is 0 Å². The molecule has 43 N–H and O–H groups in total. The van der Waals surface area contributed by atoms with Crippen molar-refractivity contribution in [3.05, 3.63) is 0 Å². The van der Waals surface area contributed by atoms with E-state index >= 15 is 0 Å². The van der Waals surface area contributed by atoms with Crippen LogP contribution < -0.4 is 129 Å². The molecule has 0 aromatic carbocycles. The maximum Gasteiger partial charge on any atom is 0.326 e. The number of carboxylic acid groups (broad SMARTS) is 7. The molecule has 69 heteroatoms. The van der Waals surface area contributed by atoms with E-state index in [2.05, 4.69) is 0 Å². The van der Waals surface area contributed by atoms with Crippen molar-refractivity contribution in [3.8, 4) is 0 Å². The minimum atomic E-state index is -2.36. The second-order valence-corrected chi connectivity index (χ2v) is 28.1. The number of amides is 23. The average molecular weight is 1980 g/mol. The number of hydrogen-bond acceptors (Lipinski definition) is 39. The van der Waals surface area contributed by atoms with Crippen molar-refractivity contribution in [1.82, 2.24) is 106 Å². The summed E-state index contributed by atoms with van der Waals surface area (Å²) in [6, 6.07) is -36.7. The van der Waals surface area contributed by atoms with Gasteiger partial charge in [0.2, 0.25) is 136 Å². The standard InChI is InChI=1S/C68H102N24O45/c69-22(14-93)52(120)81-28(6-48(112)113)60(128)90-36(19-98)65(133)82-23(1-39(70)101)57(125)85-26(4-46(108)109)53(121)73-10-42(104)77-32(15-94)55(123)75-12-44(106)79-34(17-96)63(131)87-29(7-49(114)115)61(129)91-37(20-99)66(134)83-24(2-40(71)102)58(126)86-27(5-47(110)111)54(122)74-11-43(105)78-33(16-95)56(124)76-13-45(107)80-35(18-97)64(132)88-30(8-50(116)117)62(130)92-38(21-100)67(135)84-25(3-41(72)103)59(127)89-31(68(136)137)9-51(118)119/h22-38,93-100H,1-21,69H2,(H2,70,101)(H2,71,102)(H2,72,103)(H,73,121)(H,74,122)(H,75,123)(H,76,124)(H,77,104)(H,78,105)(H,79,106)(H,80,107)(H,81,120)(H,82,133)(H,83,134)(H,84,135)(H,85,125)(H,86,126)(H,87,131)(H,88,132)(H,89,127)(H,90,128)(H,91,129)(H,92,130)(H,108,109)(H,110,111)(H,112,113)(H,114,115)(H,116,117)(H,118,119)(H,136,137)/t22-,23-,24-,25-,26-,27-,28-,29-,30-,31-,32-,33-,34-,35-,36-,37-,38-/m0/s1. The van der Waals surface area contributed by atoms with Gasteiger partial charge in [-0.2, -0.15) is 0 Å². The van der Waals surface area contributed by atoms with Crippen molar-refractivity contribution in [1.29, 1.82) is 0 Å². The minimum absolute atomic E-state index is 0.972. The first-order valence-corrected chi connectivity index (χ1v) is 38.9. The number of aliphatic carboxylic acids is 7. The van der Waals surface area contributed by atoms with Gasteiger partial charge in [0.25, 0.3) is 0 Å². The van der Waals surface area contributed by atoms with Crippen LogP contribution in [0.2, 0.25) is 0 Å². The minimum Gasteiger partial charge on any atom is -0.481 e. The van der Waals surface area contributed by atoms with E-state index in [1.54, 1.807) is 26.6 Å². The molecule has 0 spiro atoms. The average Bonchev–Trinajstić information content (AvgIpc) is 0.862. The topological polar surface area (TPSA) is 1160 Å². The molecular formula is C68H102N24O45. The normalized spacial score (nSPS) is 14.4. The summed E-state index contributed by atoms with van der Waals surface area (Å²) in [6.45, 7) is -15.6. The number of primary amides is 3. The molecule has 0 saturated carbocycles. The molecule has 0 heterocycles. The van der Waals surface area contributed by atoms with E-state index in [1.165, 1.54) is 0 Å². The highest BCUT2D eigenvalue weighted by atomic mass is 16.4. The van der Waals surface area contributed by atoms with E-state index in [1.807, 2.05) is 79.8 Å². The molecule has 0 aliphatic carbocycles. The van der Waals surface area contributed by atoms with Crippen molar-refractivity contribution in [2.45, 2.75) is 160 Å². The molecule has 23 amide bonds. The number of nitrogens with two attached hydrogens (primary N) is 4. The first-order chi connectivity index (χ1) is 63.9. The molecule has 764 valence electrons. The number of aliphatic hydroxyl groups is 8. The first-order valence-electron chi connectivity index (χ1n) is 38.9. The van der Waals surface area contributed by atoms with Gasteiger partial charge < -0.3 is 206 Å². The third-order valence-electron chi connectivity index (χ3n) is 17.2. The quantitative estimate of drug-likeness (QED) is 0.0269. The summed E-state index contributed by atoms with van der Waals surface area (Å²) in [5.41, 5.74) is 20.9. The van der Waals surface area contributed by atoms with Gasteiger partial charge in [0.15, 0.2) is 0 Å². The molecule has 0 aromatic rings. The molecule has 0 aliphatic rings. The van der Waals surface area contributed by atoms with Crippen molar-refractivity contribution in [2.75, 3.05) is 79.0 Å². The Kier molecular flexibility index (Phi) is 54.2. The molecule has 0 unspecified atom stereocenters. The zero-order chi connectivity index (χ0) is 105. The monoisotopic (exact) mass is 1970 g/mol. The van der Waals surface area contributed by atoms with Crippen molar-refractivity contribution >= 4 is 178 Å². The molecule has 0 fully saturated rings. The van der Waals surface area contributed by atoms with Gasteiger partial charge in [-0.3, -0.25) is 139 Å². The van der Waals surface area contributed by atoms with Crippen LogP contribution in [0.3, 0.4) is 0 Å². The fourth-order valence-electron chi connectivity index (χ4n) is 10.4. The number of nitrogens with one attached hydrogen (secondary N) is 20. The van der Waals surface area contributed by atoms with E-state index in [4.69, 9.17) is 33.1 Å². The number of carboxylic acids is 7. The molecule has 0 saturated heterocycles. The van der Waals surface area contributed by atoms with Crippen LogP contribution in [0.1, 0.15) is 57.8 Å². The lowest BCUT2D eigenvalue weighted by Gasteiger charge is -2.25. The lowest BCUT2D eigenvalue weighted by atomic mass is 10.1. The summed E-state index contributed by atoms with van der Waals surface area (Å²) in [6.07, 6.45) is -11.4. The Morgan fingerprint density at radius 3 is 0.489 bits per heavy atom. The summed E-state index contributed by atoms with van der Waals surface area (Å²) in [5, 5.41) is 181. The number of hydrogen-bond donors (Lipinski definition) is 39. The molecule has 137 heavy (non-hydrogen) atoms. The Bertz CT molecular complexity index is 4480. The van der Waals surface area contributed by atoms with E-state index in [0.29, 0.717) is 0 Å². The number of carbonyl (C=O) groups excluding carboxylic acids is 23. The number of rotatable bonds is 67. The highest BCUT2D eigenvalue weighted by Gasteiger charge is 2.41. The van der Waals surface area contributed by atoms with E-state index in [9.17, 15) is 210 Å². The first kappa shape index (κ1) is 121. The van der Waals surface area contributed by atoms with Crippen molar-refractivity contribution in [2.24, 2.45) is 22.9 Å². The Morgan fingerprint density at radius 2 is 0.314 bits per heavy atom. The maximum absolute atomic E-state index is 13.6. The fraction of sp³-hybridized carbons (Fsp3) is 0.559. The van der Waals surface area contributed by atoms with Gasteiger partial charge in [-0.25, -0.2) is 4.79 Å². The largest absolute Gasteiger partial charge is 0.481 e. The molecule has 69 nitrogen and oxygen atoms in total. The smallest absolute Gasteiger partial charge is 0.326 e. The summed E-state index contributed by atoms with van der Waals surface area (Å²) in [5.74, 6) is -47.2. The van der Waals surface area contributed by atoms with Crippen LogP contribution in [0.25, 0.3) is 0 Å². The Labute approximate surface area is 764 Å².